The zero-order chi connectivity index (χ0) is 16.2. The van der Waals surface area contributed by atoms with Crippen molar-refractivity contribution < 1.29 is 10.0 Å². The van der Waals surface area contributed by atoms with Gasteiger partial charge in [-0.2, -0.15) is 0 Å². The molecule has 0 aliphatic carbocycles. The van der Waals surface area contributed by atoms with Gasteiger partial charge in [0.1, 0.15) is 0 Å². The van der Waals surface area contributed by atoms with E-state index in [1.165, 1.54) is 0 Å². The highest BCUT2D eigenvalue weighted by Gasteiger charge is 2.14. The molecule has 23 heavy (non-hydrogen) atoms. The van der Waals surface area contributed by atoms with Crippen LogP contribution in [0.1, 0.15) is 0 Å². The molecule has 0 saturated heterocycles. The summed E-state index contributed by atoms with van der Waals surface area (Å²) in [4.78, 5) is 2.11. The van der Waals surface area contributed by atoms with Gasteiger partial charge in [0.05, 0.1) is 0 Å². The zero-order valence-corrected chi connectivity index (χ0v) is 13.9. The van der Waals surface area contributed by atoms with Gasteiger partial charge in [-0.05, 0) is 54.0 Å². The fourth-order valence-corrected chi connectivity index (χ4v) is 2.67. The molecule has 114 valence electrons. The minimum Gasteiger partial charge on any atom is -0.423 e. The van der Waals surface area contributed by atoms with E-state index in [1.807, 2.05) is 66.7 Å². The normalized spacial score (nSPS) is 10.4. The molecule has 0 aliphatic heterocycles. The second-order valence-electron chi connectivity index (χ2n) is 5.11. The van der Waals surface area contributed by atoms with E-state index >= 15 is 0 Å². The SMILES string of the molecule is OB(O)c1ccc(N(c2ccccc2)c2ccc(Br)cc2)cc1. The molecule has 0 amide bonds. The van der Waals surface area contributed by atoms with Crippen LogP contribution in [-0.4, -0.2) is 17.2 Å². The second kappa shape index (κ2) is 7.00. The average Bonchev–Trinajstić information content (AvgIpc) is 2.58. The average molecular weight is 368 g/mol. The third-order valence-corrected chi connectivity index (χ3v) is 4.08. The Kier molecular flexibility index (Phi) is 4.81. The van der Waals surface area contributed by atoms with Gasteiger partial charge in [-0.15, -0.1) is 0 Å². The van der Waals surface area contributed by atoms with Crippen LogP contribution in [0.2, 0.25) is 0 Å². The topological polar surface area (TPSA) is 43.7 Å². The zero-order valence-electron chi connectivity index (χ0n) is 12.3. The number of para-hydroxylation sites is 1. The van der Waals surface area contributed by atoms with Gasteiger partial charge in [-0.25, -0.2) is 0 Å². The van der Waals surface area contributed by atoms with E-state index in [9.17, 15) is 10.0 Å². The molecule has 0 aliphatic rings. The van der Waals surface area contributed by atoms with Crippen LogP contribution in [0.5, 0.6) is 0 Å². The Hall–Kier alpha value is -2.08. The van der Waals surface area contributed by atoms with Gasteiger partial charge in [-0.1, -0.05) is 46.3 Å². The summed E-state index contributed by atoms with van der Waals surface area (Å²) in [5, 5.41) is 18.5. The van der Waals surface area contributed by atoms with E-state index in [0.717, 1.165) is 21.5 Å². The Labute approximate surface area is 144 Å². The lowest BCUT2D eigenvalue weighted by Crippen LogP contribution is -2.29. The summed E-state index contributed by atoms with van der Waals surface area (Å²) >= 11 is 3.46. The van der Waals surface area contributed by atoms with Crippen molar-refractivity contribution in [1.82, 2.24) is 0 Å². The first-order valence-electron chi connectivity index (χ1n) is 7.22. The lowest BCUT2D eigenvalue weighted by Gasteiger charge is -2.25. The van der Waals surface area contributed by atoms with Crippen molar-refractivity contribution in [2.75, 3.05) is 4.90 Å². The quantitative estimate of drug-likeness (QED) is 0.692. The van der Waals surface area contributed by atoms with Crippen molar-refractivity contribution in [3.63, 3.8) is 0 Å². The Morgan fingerprint density at radius 3 is 1.65 bits per heavy atom. The molecule has 0 atom stereocenters. The molecule has 3 nitrogen and oxygen atoms in total. The molecular weight excluding hydrogens is 353 g/mol. The maximum Gasteiger partial charge on any atom is 0.488 e. The first kappa shape index (κ1) is 15.8. The molecule has 3 aromatic rings. The van der Waals surface area contributed by atoms with Gasteiger partial charge < -0.3 is 14.9 Å². The summed E-state index contributed by atoms with van der Waals surface area (Å²) < 4.78 is 1.02. The van der Waals surface area contributed by atoms with Crippen LogP contribution in [0.15, 0.2) is 83.3 Å². The van der Waals surface area contributed by atoms with E-state index in [4.69, 9.17) is 0 Å². The Bertz CT molecular complexity index is 761. The van der Waals surface area contributed by atoms with E-state index in [2.05, 4.69) is 20.8 Å². The summed E-state index contributed by atoms with van der Waals surface area (Å²) in [5.41, 5.74) is 3.48. The highest BCUT2D eigenvalue weighted by atomic mass is 79.9. The van der Waals surface area contributed by atoms with Crippen LogP contribution >= 0.6 is 15.9 Å². The van der Waals surface area contributed by atoms with Gasteiger partial charge in [0.15, 0.2) is 0 Å². The van der Waals surface area contributed by atoms with Crippen molar-refractivity contribution in [2.45, 2.75) is 0 Å². The molecule has 0 radical (unpaired) electrons. The molecule has 0 heterocycles. The summed E-state index contributed by atoms with van der Waals surface area (Å²) in [6.45, 7) is 0. The standard InChI is InChI=1S/C18H15BBrNO2/c20-15-8-12-18(13-9-15)21(16-4-2-1-3-5-16)17-10-6-14(7-11-17)19(22)23/h1-13,22-23H. The van der Waals surface area contributed by atoms with Crippen molar-refractivity contribution in [1.29, 1.82) is 0 Å². The van der Waals surface area contributed by atoms with E-state index in [0.29, 0.717) is 5.46 Å². The van der Waals surface area contributed by atoms with Crippen LogP contribution < -0.4 is 10.4 Å². The van der Waals surface area contributed by atoms with Crippen LogP contribution in [0.4, 0.5) is 17.1 Å². The van der Waals surface area contributed by atoms with Gasteiger partial charge in [0, 0.05) is 21.5 Å². The molecule has 3 rings (SSSR count). The minimum absolute atomic E-state index is 0.470. The van der Waals surface area contributed by atoms with Crippen LogP contribution in [0.25, 0.3) is 0 Å². The van der Waals surface area contributed by atoms with Gasteiger partial charge in [0.2, 0.25) is 0 Å². The molecule has 2 N–H and O–H groups in total. The van der Waals surface area contributed by atoms with E-state index in [-0.39, 0.29) is 0 Å². The van der Waals surface area contributed by atoms with Crippen LogP contribution in [-0.2, 0) is 0 Å². The smallest absolute Gasteiger partial charge is 0.423 e. The first-order chi connectivity index (χ1) is 11.1. The van der Waals surface area contributed by atoms with Gasteiger partial charge in [-0.3, -0.25) is 0 Å². The van der Waals surface area contributed by atoms with Gasteiger partial charge >= 0.3 is 7.12 Å². The Morgan fingerprint density at radius 1 is 0.652 bits per heavy atom. The Morgan fingerprint density at radius 2 is 1.13 bits per heavy atom. The molecule has 0 aromatic heterocycles. The number of anilines is 3. The lowest BCUT2D eigenvalue weighted by atomic mass is 9.80. The van der Waals surface area contributed by atoms with Crippen molar-refractivity contribution in [2.24, 2.45) is 0 Å². The second-order valence-corrected chi connectivity index (χ2v) is 6.03. The van der Waals surface area contributed by atoms with E-state index < -0.39 is 7.12 Å². The molecule has 0 bridgehead atoms. The fourth-order valence-electron chi connectivity index (χ4n) is 2.41. The fraction of sp³-hybridized carbons (Fsp3) is 0. The number of hydrogen-bond donors (Lipinski definition) is 2. The molecule has 0 fully saturated rings. The maximum absolute atomic E-state index is 9.25. The minimum atomic E-state index is -1.46. The van der Waals surface area contributed by atoms with Crippen LogP contribution in [0.3, 0.4) is 0 Å². The number of hydrogen-bond acceptors (Lipinski definition) is 3. The molecule has 0 spiro atoms. The summed E-state index contributed by atoms with van der Waals surface area (Å²) in [5.74, 6) is 0. The number of benzene rings is 3. The predicted octanol–water partition coefficient (Wildman–Crippen LogP) is 3.60. The van der Waals surface area contributed by atoms with Crippen LogP contribution in [0, 0.1) is 0 Å². The molecular formula is C18H15BBrNO2. The molecule has 0 unspecified atom stereocenters. The highest BCUT2D eigenvalue weighted by Crippen LogP contribution is 2.34. The largest absolute Gasteiger partial charge is 0.488 e. The number of nitrogens with zero attached hydrogens (tertiary/aromatic N) is 1. The molecule has 0 saturated carbocycles. The summed E-state index contributed by atoms with van der Waals surface area (Å²) in [6.07, 6.45) is 0. The summed E-state index contributed by atoms with van der Waals surface area (Å²) in [7, 11) is -1.46. The number of halogens is 1. The van der Waals surface area contributed by atoms with Gasteiger partial charge in [0.25, 0.3) is 0 Å². The molecule has 5 heteroatoms. The lowest BCUT2D eigenvalue weighted by molar-refractivity contribution is 0.426. The highest BCUT2D eigenvalue weighted by molar-refractivity contribution is 9.10. The number of rotatable bonds is 4. The monoisotopic (exact) mass is 367 g/mol. The summed E-state index contributed by atoms with van der Waals surface area (Å²) in [6, 6.07) is 25.3. The Balaban J connectivity index is 2.06. The third kappa shape index (κ3) is 3.64. The van der Waals surface area contributed by atoms with E-state index in [1.54, 1.807) is 12.1 Å². The van der Waals surface area contributed by atoms with Crippen molar-refractivity contribution in [3.8, 4) is 0 Å². The van der Waals surface area contributed by atoms with Crippen molar-refractivity contribution >= 4 is 45.6 Å². The first-order valence-corrected chi connectivity index (χ1v) is 8.01. The molecule has 3 aromatic carbocycles. The van der Waals surface area contributed by atoms with Crippen molar-refractivity contribution in [3.05, 3.63) is 83.3 Å². The maximum atomic E-state index is 9.25. The predicted molar refractivity (Wildman–Crippen MR) is 98.7 cm³/mol. The third-order valence-electron chi connectivity index (χ3n) is 3.55.